The van der Waals surface area contributed by atoms with E-state index in [0.29, 0.717) is 30.3 Å². The van der Waals surface area contributed by atoms with E-state index in [2.05, 4.69) is 58.0 Å². The Bertz CT molecular complexity index is 787. The molecule has 6 atom stereocenters. The minimum Gasteiger partial charge on any atom is -0.396 e. The molecule has 3 heteroatoms. The summed E-state index contributed by atoms with van der Waals surface area (Å²) in [6.45, 7) is 10.9. The highest BCUT2D eigenvalue weighted by molar-refractivity contribution is 6.25. The fraction of sp³-hybridized carbons (Fsp3) is 0.714. The summed E-state index contributed by atoms with van der Waals surface area (Å²) in [5, 5.41) is 9.31. The summed E-state index contributed by atoms with van der Waals surface area (Å²) in [5.41, 5.74) is 5.53. The third-order valence-corrected chi connectivity index (χ3v) is 10.1. The lowest BCUT2D eigenvalue weighted by Gasteiger charge is -2.64. The molecule has 0 spiro atoms. The van der Waals surface area contributed by atoms with E-state index >= 15 is 0 Å². The molecule has 1 N–H and O–H groups in total. The van der Waals surface area contributed by atoms with Gasteiger partial charge in [-0.2, -0.15) is 0 Å². The van der Waals surface area contributed by atoms with Crippen LogP contribution in [0.25, 0.3) is 0 Å². The maximum atomic E-state index is 9.31. The smallest absolute Gasteiger partial charge is 0.0858 e. The lowest BCUT2D eigenvalue weighted by molar-refractivity contribution is -0.165. The quantitative estimate of drug-likeness (QED) is 0.459. The van der Waals surface area contributed by atoms with Crippen LogP contribution >= 0.6 is 11.6 Å². The van der Waals surface area contributed by atoms with Crippen molar-refractivity contribution in [2.24, 2.45) is 34.0 Å². The van der Waals surface area contributed by atoms with Gasteiger partial charge in [0.25, 0.3) is 0 Å². The Labute approximate surface area is 194 Å². The van der Waals surface area contributed by atoms with Crippen LogP contribution in [0, 0.1) is 34.0 Å². The van der Waals surface area contributed by atoms with E-state index in [4.69, 9.17) is 16.3 Å². The second-order valence-corrected chi connectivity index (χ2v) is 11.7. The van der Waals surface area contributed by atoms with Crippen LogP contribution in [0.15, 0.2) is 41.4 Å². The van der Waals surface area contributed by atoms with E-state index in [1.54, 1.807) is 0 Å². The Morgan fingerprint density at radius 1 is 1.06 bits per heavy atom. The van der Waals surface area contributed by atoms with Gasteiger partial charge in [0, 0.05) is 18.7 Å². The Kier molecular flexibility index (Phi) is 6.65. The highest BCUT2D eigenvalue weighted by Crippen LogP contribution is 2.71. The van der Waals surface area contributed by atoms with Crippen molar-refractivity contribution in [2.45, 2.75) is 78.7 Å². The number of ether oxygens (including phenoxy) is 1. The van der Waals surface area contributed by atoms with Gasteiger partial charge >= 0.3 is 0 Å². The Morgan fingerprint density at radius 2 is 1.81 bits per heavy atom. The lowest BCUT2D eigenvalue weighted by Crippen LogP contribution is -2.57. The zero-order chi connectivity index (χ0) is 22.3. The molecule has 172 valence electrons. The number of allylic oxidation sites excluding steroid dienone is 1. The van der Waals surface area contributed by atoms with E-state index in [-0.39, 0.29) is 23.5 Å². The molecule has 0 heterocycles. The molecule has 3 saturated carbocycles. The fourth-order valence-electron chi connectivity index (χ4n) is 8.29. The van der Waals surface area contributed by atoms with Gasteiger partial charge in [0.15, 0.2) is 0 Å². The fourth-order valence-corrected chi connectivity index (χ4v) is 8.65. The van der Waals surface area contributed by atoms with Crippen LogP contribution in [0.5, 0.6) is 0 Å². The predicted octanol–water partition coefficient (Wildman–Crippen LogP) is 7.52. The molecule has 0 aliphatic heterocycles. The molecule has 1 aromatic rings. The minimum absolute atomic E-state index is 0.0995. The van der Waals surface area contributed by atoms with Gasteiger partial charge in [-0.15, -0.1) is 0 Å². The molecule has 4 rings (SSSR count). The van der Waals surface area contributed by atoms with Crippen molar-refractivity contribution in [3.8, 4) is 0 Å². The van der Waals surface area contributed by atoms with Crippen molar-refractivity contribution in [1.82, 2.24) is 0 Å². The molecule has 2 nitrogen and oxygen atoms in total. The van der Waals surface area contributed by atoms with E-state index in [1.165, 1.54) is 49.7 Å². The van der Waals surface area contributed by atoms with Crippen molar-refractivity contribution >= 4 is 11.6 Å². The summed E-state index contributed by atoms with van der Waals surface area (Å²) in [7, 11) is 0. The Morgan fingerprint density at radius 3 is 2.48 bits per heavy atom. The molecule has 1 aromatic carbocycles. The summed E-state index contributed by atoms with van der Waals surface area (Å²) in [5.74, 6) is 1.91. The van der Waals surface area contributed by atoms with Crippen LogP contribution in [0.1, 0.15) is 84.3 Å². The maximum Gasteiger partial charge on any atom is 0.0858 e. The zero-order valence-electron chi connectivity index (χ0n) is 19.9. The van der Waals surface area contributed by atoms with Crippen LogP contribution in [-0.4, -0.2) is 18.3 Å². The first-order chi connectivity index (χ1) is 14.8. The van der Waals surface area contributed by atoms with Gasteiger partial charge in [-0.05, 0) is 84.5 Å². The SMILES string of the molecule is CC1(C)[C@@H](C(OCCCO)c2ccccc2)CC[C@]2(C)[C@H]3CC/C(=C/Cl)[C@]3(C)CC[C@@H]12. The molecule has 0 amide bonds. The van der Waals surface area contributed by atoms with Crippen LogP contribution in [0.3, 0.4) is 0 Å². The number of hydrogen-bond acceptors (Lipinski definition) is 2. The second-order valence-electron chi connectivity index (χ2n) is 11.5. The number of hydrogen-bond donors (Lipinski definition) is 1. The molecule has 0 saturated heterocycles. The number of benzene rings is 1. The van der Waals surface area contributed by atoms with Crippen LogP contribution in [0.2, 0.25) is 0 Å². The third-order valence-electron chi connectivity index (χ3n) is 9.82. The predicted molar refractivity (Wildman–Crippen MR) is 129 cm³/mol. The van der Waals surface area contributed by atoms with Crippen molar-refractivity contribution in [1.29, 1.82) is 0 Å². The minimum atomic E-state index is 0.0995. The van der Waals surface area contributed by atoms with Crippen molar-refractivity contribution in [2.75, 3.05) is 13.2 Å². The van der Waals surface area contributed by atoms with Gasteiger partial charge in [-0.1, -0.05) is 75.2 Å². The highest BCUT2D eigenvalue weighted by Gasteiger charge is 2.63. The maximum absolute atomic E-state index is 9.31. The summed E-state index contributed by atoms with van der Waals surface area (Å²) < 4.78 is 6.51. The number of fused-ring (bicyclic) bond motifs is 3. The van der Waals surface area contributed by atoms with Gasteiger partial charge in [-0.25, -0.2) is 0 Å². The second kappa shape index (κ2) is 8.84. The summed E-state index contributed by atoms with van der Waals surface area (Å²) in [6.07, 6.45) is 8.27. The van der Waals surface area contributed by atoms with Gasteiger partial charge < -0.3 is 9.84 Å². The number of halogens is 1. The number of aliphatic hydroxyl groups excluding tert-OH is 1. The van der Waals surface area contributed by atoms with Gasteiger partial charge in [0.2, 0.25) is 0 Å². The van der Waals surface area contributed by atoms with Crippen LogP contribution in [0.4, 0.5) is 0 Å². The Balaban J connectivity index is 1.65. The zero-order valence-corrected chi connectivity index (χ0v) is 20.6. The Hall–Kier alpha value is -0.830. The van der Waals surface area contributed by atoms with Crippen LogP contribution in [-0.2, 0) is 4.74 Å². The van der Waals surface area contributed by atoms with Gasteiger partial charge in [-0.3, -0.25) is 0 Å². The summed E-state index contributed by atoms with van der Waals surface area (Å²) in [6, 6.07) is 10.8. The van der Waals surface area contributed by atoms with E-state index in [9.17, 15) is 5.11 Å². The molecule has 0 aromatic heterocycles. The van der Waals surface area contributed by atoms with E-state index in [1.807, 2.05) is 5.54 Å². The van der Waals surface area contributed by atoms with Crippen molar-refractivity contribution in [3.05, 3.63) is 47.0 Å². The molecule has 0 bridgehead atoms. The average Bonchev–Trinajstić information content (AvgIpc) is 3.10. The first kappa shape index (κ1) is 23.3. The molecule has 1 unspecified atom stereocenters. The molecule has 3 aliphatic rings. The molecule has 0 radical (unpaired) electrons. The number of aliphatic hydroxyl groups is 1. The van der Waals surface area contributed by atoms with Crippen molar-refractivity contribution < 1.29 is 9.84 Å². The molecule has 3 fully saturated rings. The third kappa shape index (κ3) is 3.81. The average molecular weight is 445 g/mol. The summed E-state index contributed by atoms with van der Waals surface area (Å²) >= 11 is 6.29. The lowest BCUT2D eigenvalue weighted by atomic mass is 9.41. The molecular formula is C28H41ClO2. The first-order valence-electron chi connectivity index (χ1n) is 12.4. The van der Waals surface area contributed by atoms with Crippen molar-refractivity contribution in [3.63, 3.8) is 0 Å². The largest absolute Gasteiger partial charge is 0.396 e. The molecule has 3 aliphatic carbocycles. The monoisotopic (exact) mass is 444 g/mol. The molecular weight excluding hydrogens is 404 g/mol. The first-order valence-corrected chi connectivity index (χ1v) is 12.8. The summed E-state index contributed by atoms with van der Waals surface area (Å²) in [4.78, 5) is 0. The van der Waals surface area contributed by atoms with Crippen LogP contribution < -0.4 is 0 Å². The number of rotatable bonds is 6. The standard InChI is InChI=1S/C28H41ClO2/c1-26(2)22(25(31-18-8-17-30)20-9-6-5-7-10-20)13-15-28(4)23(26)14-16-27(3)21(19-29)11-12-24(27)28/h5-7,9-10,19,22-25,30H,8,11-18H2,1-4H3/b21-19-/t22-,23+,24+,25?,27+,28+/m1/s1. The van der Waals surface area contributed by atoms with E-state index in [0.717, 1.165) is 5.92 Å². The van der Waals surface area contributed by atoms with Gasteiger partial charge in [0.1, 0.15) is 0 Å². The molecule has 31 heavy (non-hydrogen) atoms. The normalized spacial score (nSPS) is 39.2. The van der Waals surface area contributed by atoms with E-state index < -0.39 is 0 Å². The highest BCUT2D eigenvalue weighted by atomic mass is 35.5. The van der Waals surface area contributed by atoms with Gasteiger partial charge in [0.05, 0.1) is 6.10 Å². The topological polar surface area (TPSA) is 29.5 Å².